The summed E-state index contributed by atoms with van der Waals surface area (Å²) in [5.74, 6) is 1.95. The number of furan rings is 1. The molecule has 0 fully saturated rings. The van der Waals surface area contributed by atoms with Gasteiger partial charge in [0.2, 0.25) is 5.91 Å². The summed E-state index contributed by atoms with van der Waals surface area (Å²) in [6.45, 7) is 1.86. The topological polar surface area (TPSA) is 58.4 Å². The van der Waals surface area contributed by atoms with Gasteiger partial charge in [-0.2, -0.15) is 0 Å². The van der Waals surface area contributed by atoms with Crippen LogP contribution in [0.4, 0.5) is 11.5 Å². The van der Waals surface area contributed by atoms with Crippen LogP contribution in [-0.2, 0) is 4.79 Å². The highest BCUT2D eigenvalue weighted by Crippen LogP contribution is 2.20. The zero-order chi connectivity index (χ0) is 14.5. The number of rotatable bonds is 4. The maximum atomic E-state index is 11.9. The van der Waals surface area contributed by atoms with Crippen LogP contribution in [-0.4, -0.2) is 25.0 Å². The third kappa shape index (κ3) is 3.47. The van der Waals surface area contributed by atoms with Gasteiger partial charge in [-0.3, -0.25) is 4.79 Å². The second kappa shape index (κ2) is 6.06. The van der Waals surface area contributed by atoms with Gasteiger partial charge in [-0.1, -0.05) is 0 Å². The molecule has 0 spiro atoms. The molecular weight excluding hydrogens is 254 g/mol. The molecule has 20 heavy (non-hydrogen) atoms. The lowest BCUT2D eigenvalue weighted by Crippen LogP contribution is -2.16. The molecule has 0 aliphatic carbocycles. The summed E-state index contributed by atoms with van der Waals surface area (Å²) in [5.41, 5.74) is 0.669. The van der Waals surface area contributed by atoms with Gasteiger partial charge in [0.25, 0.3) is 0 Å². The molecule has 0 radical (unpaired) electrons. The van der Waals surface area contributed by atoms with Crippen LogP contribution < -0.4 is 10.2 Å². The van der Waals surface area contributed by atoms with E-state index in [0.29, 0.717) is 17.3 Å². The molecule has 2 rings (SSSR count). The third-order valence-electron chi connectivity index (χ3n) is 2.63. The summed E-state index contributed by atoms with van der Waals surface area (Å²) in [4.78, 5) is 17.9. The van der Waals surface area contributed by atoms with Crippen LogP contribution in [0.2, 0.25) is 0 Å². The smallest absolute Gasteiger partial charge is 0.248 e. The van der Waals surface area contributed by atoms with E-state index in [9.17, 15) is 4.79 Å². The second-order valence-corrected chi connectivity index (χ2v) is 4.54. The molecule has 0 unspecified atom stereocenters. The quantitative estimate of drug-likeness (QED) is 0.869. The van der Waals surface area contributed by atoms with E-state index in [1.807, 2.05) is 44.1 Å². The highest BCUT2D eigenvalue weighted by Gasteiger charge is 2.07. The zero-order valence-corrected chi connectivity index (χ0v) is 11.8. The van der Waals surface area contributed by atoms with Gasteiger partial charge in [-0.15, -0.1) is 0 Å². The molecule has 5 heteroatoms. The number of nitrogens with one attached hydrogen (secondary N) is 1. The molecule has 0 aliphatic rings. The van der Waals surface area contributed by atoms with Gasteiger partial charge in [0.15, 0.2) is 5.82 Å². The Morgan fingerprint density at radius 1 is 1.35 bits per heavy atom. The van der Waals surface area contributed by atoms with Crippen LogP contribution in [0.1, 0.15) is 11.5 Å². The van der Waals surface area contributed by atoms with E-state index in [1.54, 1.807) is 18.3 Å². The Morgan fingerprint density at radius 3 is 2.80 bits per heavy atom. The fourth-order valence-corrected chi connectivity index (χ4v) is 1.73. The van der Waals surface area contributed by atoms with Crippen molar-refractivity contribution in [3.05, 3.63) is 48.1 Å². The molecule has 0 atom stereocenters. The first kappa shape index (κ1) is 13.9. The number of hydrogen-bond acceptors (Lipinski definition) is 4. The lowest BCUT2D eigenvalue weighted by Gasteiger charge is -2.15. The fraction of sp³-hybridized carbons (Fsp3) is 0.200. The van der Waals surface area contributed by atoms with Gasteiger partial charge in [0.05, 0.1) is 5.69 Å². The Kier molecular flexibility index (Phi) is 4.20. The largest absolute Gasteiger partial charge is 0.462 e. The predicted molar refractivity (Wildman–Crippen MR) is 79.7 cm³/mol. The van der Waals surface area contributed by atoms with Gasteiger partial charge in [0, 0.05) is 26.4 Å². The number of nitrogens with zero attached hydrogens (tertiary/aromatic N) is 2. The van der Waals surface area contributed by atoms with Crippen molar-refractivity contribution in [2.45, 2.75) is 6.92 Å². The second-order valence-electron chi connectivity index (χ2n) is 4.54. The first-order valence-corrected chi connectivity index (χ1v) is 6.24. The van der Waals surface area contributed by atoms with E-state index in [0.717, 1.165) is 5.76 Å². The number of amides is 1. The van der Waals surface area contributed by atoms with Crippen LogP contribution in [0.25, 0.3) is 6.08 Å². The summed E-state index contributed by atoms with van der Waals surface area (Å²) in [6, 6.07) is 7.25. The minimum absolute atomic E-state index is 0.227. The minimum Gasteiger partial charge on any atom is -0.462 e. The first-order chi connectivity index (χ1) is 9.56. The standard InChI is InChI=1S/C15H17N3O2/c1-11-6-7-12(20-11)8-9-14(19)17-13-5-4-10-16-15(13)18(2)3/h4-10H,1-3H3,(H,17,19)/b9-8+. The molecule has 2 heterocycles. The van der Waals surface area contributed by atoms with Crippen molar-refractivity contribution < 1.29 is 9.21 Å². The molecule has 0 saturated carbocycles. The predicted octanol–water partition coefficient (Wildman–Crippen LogP) is 2.70. The maximum absolute atomic E-state index is 11.9. The first-order valence-electron chi connectivity index (χ1n) is 6.24. The molecule has 5 nitrogen and oxygen atoms in total. The Balaban J connectivity index is 2.07. The normalized spacial score (nSPS) is 10.8. The molecule has 2 aromatic rings. The fourth-order valence-electron chi connectivity index (χ4n) is 1.73. The van der Waals surface area contributed by atoms with E-state index in [-0.39, 0.29) is 5.91 Å². The van der Waals surface area contributed by atoms with Gasteiger partial charge < -0.3 is 14.6 Å². The SMILES string of the molecule is Cc1ccc(/C=C/C(=O)Nc2cccnc2N(C)C)o1. The number of aromatic nitrogens is 1. The monoisotopic (exact) mass is 271 g/mol. The van der Waals surface area contributed by atoms with E-state index >= 15 is 0 Å². The van der Waals surface area contributed by atoms with Crippen molar-refractivity contribution in [1.29, 1.82) is 0 Å². The summed E-state index contributed by atoms with van der Waals surface area (Å²) in [7, 11) is 3.75. The Labute approximate surface area is 117 Å². The molecule has 2 aromatic heterocycles. The van der Waals surface area contributed by atoms with Crippen LogP contribution in [0.5, 0.6) is 0 Å². The van der Waals surface area contributed by atoms with Crippen LogP contribution in [0.15, 0.2) is 41.0 Å². The van der Waals surface area contributed by atoms with E-state index < -0.39 is 0 Å². The van der Waals surface area contributed by atoms with E-state index in [1.165, 1.54) is 6.08 Å². The Bertz CT molecular complexity index is 630. The van der Waals surface area contributed by atoms with Crippen molar-refractivity contribution >= 4 is 23.5 Å². The summed E-state index contributed by atoms with van der Waals surface area (Å²) >= 11 is 0. The number of pyridine rings is 1. The lowest BCUT2D eigenvalue weighted by atomic mass is 10.3. The average molecular weight is 271 g/mol. The lowest BCUT2D eigenvalue weighted by molar-refractivity contribution is -0.111. The molecular formula is C15H17N3O2. The molecule has 0 aliphatic heterocycles. The number of carbonyl (C=O) groups is 1. The summed E-state index contributed by atoms with van der Waals surface area (Å²) in [6.07, 6.45) is 4.76. The van der Waals surface area contributed by atoms with Crippen LogP contribution >= 0.6 is 0 Å². The van der Waals surface area contributed by atoms with E-state index in [4.69, 9.17) is 4.42 Å². The minimum atomic E-state index is -0.227. The van der Waals surface area contributed by atoms with Crippen molar-refractivity contribution in [2.24, 2.45) is 0 Å². The number of anilines is 2. The third-order valence-corrected chi connectivity index (χ3v) is 2.63. The summed E-state index contributed by atoms with van der Waals surface area (Å²) < 4.78 is 5.36. The molecule has 1 N–H and O–H groups in total. The molecule has 0 saturated heterocycles. The molecule has 1 amide bonds. The van der Waals surface area contributed by atoms with Gasteiger partial charge in [-0.25, -0.2) is 4.98 Å². The van der Waals surface area contributed by atoms with Gasteiger partial charge in [0.1, 0.15) is 11.5 Å². The highest BCUT2D eigenvalue weighted by atomic mass is 16.3. The maximum Gasteiger partial charge on any atom is 0.248 e. The van der Waals surface area contributed by atoms with Crippen LogP contribution in [0, 0.1) is 6.92 Å². The van der Waals surface area contributed by atoms with Crippen molar-refractivity contribution in [3.8, 4) is 0 Å². The Morgan fingerprint density at radius 2 is 2.15 bits per heavy atom. The Hall–Kier alpha value is -2.56. The zero-order valence-electron chi connectivity index (χ0n) is 11.8. The van der Waals surface area contributed by atoms with Crippen molar-refractivity contribution in [2.75, 3.05) is 24.3 Å². The van der Waals surface area contributed by atoms with Crippen LogP contribution in [0.3, 0.4) is 0 Å². The highest BCUT2D eigenvalue weighted by molar-refractivity contribution is 6.03. The molecule has 0 bridgehead atoms. The van der Waals surface area contributed by atoms with E-state index in [2.05, 4.69) is 10.3 Å². The summed E-state index contributed by atoms with van der Waals surface area (Å²) in [5, 5.41) is 2.80. The molecule has 104 valence electrons. The molecule has 0 aromatic carbocycles. The van der Waals surface area contributed by atoms with Gasteiger partial charge in [-0.05, 0) is 37.3 Å². The average Bonchev–Trinajstić information content (AvgIpc) is 2.83. The van der Waals surface area contributed by atoms with Gasteiger partial charge >= 0.3 is 0 Å². The van der Waals surface area contributed by atoms with Crippen molar-refractivity contribution in [1.82, 2.24) is 4.98 Å². The number of carbonyl (C=O) groups excluding carboxylic acids is 1. The number of aryl methyl sites for hydroxylation is 1. The van der Waals surface area contributed by atoms with Crippen molar-refractivity contribution in [3.63, 3.8) is 0 Å². The number of hydrogen-bond donors (Lipinski definition) is 1.